The smallest absolute Gasteiger partial charge is 0.155 e. The third-order valence-corrected chi connectivity index (χ3v) is 5.24. The predicted octanol–water partition coefficient (Wildman–Crippen LogP) is 5.91. The lowest BCUT2D eigenvalue weighted by molar-refractivity contribution is 0.112. The van der Waals surface area contributed by atoms with Gasteiger partial charge in [-0.15, -0.1) is 0 Å². The molecule has 1 atom stereocenters. The van der Waals surface area contributed by atoms with Gasteiger partial charge in [-0.25, -0.2) is 4.98 Å². The summed E-state index contributed by atoms with van der Waals surface area (Å²) in [5.74, 6) is 1.13. The Balaban J connectivity index is 0.000000248. The van der Waals surface area contributed by atoms with Gasteiger partial charge in [-0.1, -0.05) is 55.1 Å². The Morgan fingerprint density at radius 2 is 1.63 bits per heavy atom. The summed E-state index contributed by atoms with van der Waals surface area (Å²) >= 11 is 18.2. The van der Waals surface area contributed by atoms with Gasteiger partial charge in [0, 0.05) is 14.5 Å². The third kappa shape index (κ3) is 6.39. The largest absolute Gasteiger partial charge is 0.496 e. The summed E-state index contributed by atoms with van der Waals surface area (Å²) < 4.78 is 11.8. The maximum absolute atomic E-state index is 10.4. The van der Waals surface area contributed by atoms with Gasteiger partial charge in [-0.05, 0) is 36.4 Å². The standard InChI is InChI=1S/C12H9BrCl2N2O2.C8H7BrO2/c1-19-8-3-2-6(13)4-7(8)11(18)10-12(15)17-9(14)5-16-10;1-11-8-3-2-7(9)4-6(8)5-10/h2-5,11,18H,1H3;2-5H,1H3. The summed E-state index contributed by atoms with van der Waals surface area (Å²) in [6.07, 6.45) is 1.05. The number of aliphatic hydroxyl groups is 1. The number of benzene rings is 2. The first-order chi connectivity index (χ1) is 14.3. The SMILES string of the molecule is COc1ccc(Br)cc1C(O)c1ncc(Cl)nc1Cl.COc1ccc(Br)cc1C=O. The van der Waals surface area contributed by atoms with Crippen LogP contribution in [0.1, 0.15) is 27.7 Å². The molecule has 0 fully saturated rings. The number of aldehydes is 1. The minimum absolute atomic E-state index is 0.0574. The van der Waals surface area contributed by atoms with E-state index in [2.05, 4.69) is 41.8 Å². The van der Waals surface area contributed by atoms with E-state index in [0.29, 0.717) is 22.6 Å². The molecule has 2 aromatic carbocycles. The minimum Gasteiger partial charge on any atom is -0.496 e. The molecule has 3 rings (SSSR count). The van der Waals surface area contributed by atoms with Crippen molar-refractivity contribution in [2.45, 2.75) is 6.10 Å². The predicted molar refractivity (Wildman–Crippen MR) is 123 cm³/mol. The molecule has 0 aliphatic rings. The van der Waals surface area contributed by atoms with Crippen molar-refractivity contribution >= 4 is 61.3 Å². The fourth-order valence-corrected chi connectivity index (χ4v) is 3.58. The lowest BCUT2D eigenvalue weighted by atomic mass is 10.1. The van der Waals surface area contributed by atoms with Gasteiger partial charge in [0.1, 0.15) is 28.5 Å². The molecule has 1 heterocycles. The average molecular weight is 579 g/mol. The second kappa shape index (κ2) is 11.6. The molecule has 10 heteroatoms. The summed E-state index contributed by atoms with van der Waals surface area (Å²) in [6.45, 7) is 0. The van der Waals surface area contributed by atoms with E-state index in [1.807, 2.05) is 12.1 Å². The highest BCUT2D eigenvalue weighted by atomic mass is 79.9. The molecule has 0 radical (unpaired) electrons. The van der Waals surface area contributed by atoms with Crippen LogP contribution >= 0.6 is 55.1 Å². The number of ether oxygens (including phenoxy) is 2. The molecule has 0 amide bonds. The van der Waals surface area contributed by atoms with Crippen molar-refractivity contribution < 1.29 is 19.4 Å². The van der Waals surface area contributed by atoms with Gasteiger partial charge in [-0.3, -0.25) is 9.78 Å². The van der Waals surface area contributed by atoms with Crippen molar-refractivity contribution in [1.29, 1.82) is 0 Å². The number of methoxy groups -OCH3 is 2. The number of hydrogen-bond acceptors (Lipinski definition) is 6. The summed E-state index contributed by atoms with van der Waals surface area (Å²) in [6, 6.07) is 10.6. The Hall–Kier alpha value is -1.71. The first kappa shape index (κ1) is 24.6. The van der Waals surface area contributed by atoms with Crippen LogP contribution in [0.15, 0.2) is 51.5 Å². The van der Waals surface area contributed by atoms with Crippen LogP contribution in [0.4, 0.5) is 0 Å². The number of carbonyl (C=O) groups is 1. The zero-order valence-corrected chi connectivity index (χ0v) is 20.5. The van der Waals surface area contributed by atoms with Crippen molar-refractivity contribution in [3.63, 3.8) is 0 Å². The second-order valence-electron chi connectivity index (χ2n) is 5.66. The monoisotopic (exact) mass is 576 g/mol. The zero-order valence-electron chi connectivity index (χ0n) is 15.8. The van der Waals surface area contributed by atoms with Gasteiger partial charge in [0.25, 0.3) is 0 Å². The lowest BCUT2D eigenvalue weighted by Gasteiger charge is -2.15. The maximum atomic E-state index is 10.4. The molecule has 1 aromatic heterocycles. The van der Waals surface area contributed by atoms with Crippen LogP contribution in [0.25, 0.3) is 0 Å². The fraction of sp³-hybridized carbons (Fsp3) is 0.150. The highest BCUT2D eigenvalue weighted by Crippen LogP contribution is 2.33. The van der Waals surface area contributed by atoms with Gasteiger partial charge in [-0.2, -0.15) is 0 Å². The summed E-state index contributed by atoms with van der Waals surface area (Å²) in [5.41, 5.74) is 1.32. The van der Waals surface area contributed by atoms with E-state index in [0.717, 1.165) is 15.2 Å². The number of nitrogens with zero attached hydrogens (tertiary/aromatic N) is 2. The molecule has 1 unspecified atom stereocenters. The van der Waals surface area contributed by atoms with Crippen LogP contribution in [-0.2, 0) is 0 Å². The summed E-state index contributed by atoms with van der Waals surface area (Å²) in [4.78, 5) is 18.3. The Labute approximate surface area is 200 Å². The van der Waals surface area contributed by atoms with Crippen molar-refractivity contribution in [3.8, 4) is 11.5 Å². The molecular formula is C20H16Br2Cl2N2O4. The van der Waals surface area contributed by atoms with E-state index in [-0.39, 0.29) is 16.0 Å². The quantitative estimate of drug-likeness (QED) is 0.379. The molecule has 0 aliphatic carbocycles. The van der Waals surface area contributed by atoms with Crippen molar-refractivity contribution in [3.05, 3.63) is 78.7 Å². The van der Waals surface area contributed by atoms with E-state index < -0.39 is 6.10 Å². The molecule has 6 nitrogen and oxygen atoms in total. The second-order valence-corrected chi connectivity index (χ2v) is 8.24. The Morgan fingerprint density at radius 1 is 1.03 bits per heavy atom. The Bertz CT molecular complexity index is 1040. The van der Waals surface area contributed by atoms with Crippen molar-refractivity contribution in [2.24, 2.45) is 0 Å². The van der Waals surface area contributed by atoms with E-state index in [1.165, 1.54) is 20.4 Å². The highest BCUT2D eigenvalue weighted by Gasteiger charge is 2.21. The highest BCUT2D eigenvalue weighted by molar-refractivity contribution is 9.10. The van der Waals surface area contributed by atoms with Crippen LogP contribution in [0.3, 0.4) is 0 Å². The number of carbonyl (C=O) groups excluding carboxylic acids is 1. The van der Waals surface area contributed by atoms with Gasteiger partial charge in [0.05, 0.1) is 26.0 Å². The molecule has 1 N–H and O–H groups in total. The minimum atomic E-state index is -1.05. The van der Waals surface area contributed by atoms with E-state index in [4.69, 9.17) is 32.7 Å². The molecule has 0 saturated carbocycles. The number of rotatable bonds is 5. The van der Waals surface area contributed by atoms with Crippen LogP contribution in [0.2, 0.25) is 10.3 Å². The molecule has 3 aromatic rings. The topological polar surface area (TPSA) is 81.5 Å². The number of hydrogen-bond donors (Lipinski definition) is 1. The number of aromatic nitrogens is 2. The van der Waals surface area contributed by atoms with Crippen LogP contribution in [0.5, 0.6) is 11.5 Å². The van der Waals surface area contributed by atoms with Crippen molar-refractivity contribution in [1.82, 2.24) is 9.97 Å². The third-order valence-electron chi connectivity index (χ3n) is 3.79. The molecule has 30 heavy (non-hydrogen) atoms. The number of aliphatic hydroxyl groups excluding tert-OH is 1. The van der Waals surface area contributed by atoms with E-state index in [9.17, 15) is 9.90 Å². The lowest BCUT2D eigenvalue weighted by Crippen LogP contribution is -2.06. The summed E-state index contributed by atoms with van der Waals surface area (Å²) in [5, 5.41) is 10.6. The Kier molecular flexibility index (Phi) is 9.51. The van der Waals surface area contributed by atoms with Crippen LogP contribution in [0, 0.1) is 0 Å². The first-order valence-corrected chi connectivity index (χ1v) is 10.6. The molecular weight excluding hydrogens is 563 g/mol. The molecule has 0 spiro atoms. The first-order valence-electron chi connectivity index (χ1n) is 8.28. The maximum Gasteiger partial charge on any atom is 0.155 e. The zero-order chi connectivity index (χ0) is 22.3. The molecule has 0 aliphatic heterocycles. The van der Waals surface area contributed by atoms with Gasteiger partial charge < -0.3 is 14.6 Å². The van der Waals surface area contributed by atoms with Crippen molar-refractivity contribution in [2.75, 3.05) is 14.2 Å². The van der Waals surface area contributed by atoms with E-state index >= 15 is 0 Å². The van der Waals surface area contributed by atoms with Crippen LogP contribution in [-0.4, -0.2) is 35.6 Å². The van der Waals surface area contributed by atoms with Gasteiger partial charge in [0.15, 0.2) is 11.4 Å². The van der Waals surface area contributed by atoms with Crippen LogP contribution < -0.4 is 9.47 Å². The van der Waals surface area contributed by atoms with E-state index in [1.54, 1.807) is 24.3 Å². The van der Waals surface area contributed by atoms with Gasteiger partial charge in [0.2, 0.25) is 0 Å². The number of halogens is 4. The average Bonchev–Trinajstić information content (AvgIpc) is 2.73. The fourth-order valence-electron chi connectivity index (χ4n) is 2.40. The summed E-state index contributed by atoms with van der Waals surface area (Å²) in [7, 11) is 3.06. The van der Waals surface area contributed by atoms with Gasteiger partial charge >= 0.3 is 0 Å². The molecule has 158 valence electrons. The molecule has 0 saturated heterocycles. The molecule has 0 bridgehead atoms. The normalized spacial score (nSPS) is 11.2. The Morgan fingerprint density at radius 3 is 2.20 bits per heavy atom.